The number of amides is 2. The number of benzene rings is 2. The smallest absolute Gasteiger partial charge is 0.246 e. The normalized spacial score (nSPS) is 21.2. The van der Waals surface area contributed by atoms with E-state index < -0.39 is 11.5 Å². The molecule has 2 N–H and O–H groups in total. The number of hydrogen-bond donors (Lipinski definition) is 1. The molecule has 7 heteroatoms. The molecule has 0 aromatic heterocycles. The fourth-order valence-corrected chi connectivity index (χ4v) is 5.88. The number of nitrogens with two attached hydrogens (primary N) is 1. The second kappa shape index (κ2) is 11.3. The Balaban J connectivity index is 1.55. The minimum atomic E-state index is -0.552. The lowest BCUT2D eigenvalue weighted by molar-refractivity contribution is -0.148. The second-order valence-corrected chi connectivity index (χ2v) is 12.7. The van der Waals surface area contributed by atoms with Gasteiger partial charge in [0.15, 0.2) is 0 Å². The molecule has 2 amide bonds. The van der Waals surface area contributed by atoms with Gasteiger partial charge in [-0.25, -0.2) is 0 Å². The molecule has 0 unspecified atom stereocenters. The summed E-state index contributed by atoms with van der Waals surface area (Å²) in [4.78, 5) is 33.7. The predicted octanol–water partition coefficient (Wildman–Crippen LogP) is 5.38. The van der Waals surface area contributed by atoms with E-state index in [2.05, 4.69) is 43.9 Å². The summed E-state index contributed by atoms with van der Waals surface area (Å²) in [6.07, 6.45) is 0.764. The van der Waals surface area contributed by atoms with E-state index in [0.29, 0.717) is 30.6 Å². The first-order valence-electron chi connectivity index (χ1n) is 13.8. The molecule has 38 heavy (non-hydrogen) atoms. The Morgan fingerprint density at radius 3 is 2.18 bits per heavy atom. The van der Waals surface area contributed by atoms with Gasteiger partial charge in [-0.2, -0.15) is 0 Å². The van der Waals surface area contributed by atoms with Gasteiger partial charge < -0.3 is 20.4 Å². The first kappa shape index (κ1) is 28.4. The zero-order valence-electron chi connectivity index (χ0n) is 23.7. The van der Waals surface area contributed by atoms with Crippen molar-refractivity contribution in [2.45, 2.75) is 66.0 Å². The predicted molar refractivity (Wildman–Crippen MR) is 156 cm³/mol. The van der Waals surface area contributed by atoms with E-state index in [1.807, 2.05) is 54.8 Å². The number of halogens is 1. The molecular weight excluding hydrogens is 496 g/mol. The molecule has 2 fully saturated rings. The van der Waals surface area contributed by atoms with Crippen molar-refractivity contribution in [3.8, 4) is 0 Å². The highest BCUT2D eigenvalue weighted by Crippen LogP contribution is 2.38. The molecule has 2 aliphatic heterocycles. The maximum Gasteiger partial charge on any atom is 0.246 e. The van der Waals surface area contributed by atoms with E-state index in [1.54, 1.807) is 0 Å². The Bertz CT molecular complexity index is 1150. The summed E-state index contributed by atoms with van der Waals surface area (Å²) in [5.41, 5.74) is 10.6. The Morgan fingerprint density at radius 2 is 1.61 bits per heavy atom. The Labute approximate surface area is 233 Å². The van der Waals surface area contributed by atoms with Crippen LogP contribution in [0.4, 0.5) is 5.69 Å². The summed E-state index contributed by atoms with van der Waals surface area (Å²) in [5, 5.41) is 0.668. The second-order valence-electron chi connectivity index (χ2n) is 12.3. The number of nitrogens with zero attached hydrogens (tertiary/aromatic N) is 3. The number of piperazine rings is 1. The zero-order valence-corrected chi connectivity index (χ0v) is 24.5. The summed E-state index contributed by atoms with van der Waals surface area (Å²) >= 11 is 6.15. The zero-order chi connectivity index (χ0) is 27.8. The van der Waals surface area contributed by atoms with Crippen molar-refractivity contribution in [3.05, 3.63) is 64.2 Å². The molecule has 2 saturated heterocycles. The van der Waals surface area contributed by atoms with Crippen molar-refractivity contribution >= 4 is 29.1 Å². The SMILES string of the molecule is Cc1ccc(N2CCN(C(=O)[C@@H]3[C@@H](c4ccc(Cl)cc4)CCN3C(=O)C(C)(C)C)CC2)c([C@@H](N)C(C)C)c1. The number of hydrogen-bond acceptors (Lipinski definition) is 4. The third-order valence-electron chi connectivity index (χ3n) is 8.04. The Kier molecular flexibility index (Phi) is 8.43. The molecule has 4 rings (SSSR count). The number of anilines is 1. The van der Waals surface area contributed by atoms with E-state index >= 15 is 0 Å². The largest absolute Gasteiger partial charge is 0.368 e. The first-order chi connectivity index (χ1) is 17.9. The maximum absolute atomic E-state index is 14.1. The molecule has 0 saturated carbocycles. The van der Waals surface area contributed by atoms with Gasteiger partial charge in [-0.1, -0.05) is 76.0 Å². The molecule has 2 aliphatic rings. The van der Waals surface area contributed by atoms with Crippen LogP contribution in [0.5, 0.6) is 0 Å². The van der Waals surface area contributed by atoms with Crippen LogP contribution in [0.15, 0.2) is 42.5 Å². The highest BCUT2D eigenvalue weighted by atomic mass is 35.5. The summed E-state index contributed by atoms with van der Waals surface area (Å²) in [6.45, 7) is 15.4. The lowest BCUT2D eigenvalue weighted by atomic mass is 9.89. The maximum atomic E-state index is 14.1. The molecule has 0 bridgehead atoms. The molecule has 2 heterocycles. The van der Waals surface area contributed by atoms with Gasteiger partial charge in [0.25, 0.3) is 0 Å². The molecule has 2 aromatic carbocycles. The quantitative estimate of drug-likeness (QED) is 0.554. The number of likely N-dealkylation sites (tertiary alicyclic amines) is 1. The first-order valence-corrected chi connectivity index (χ1v) is 14.2. The minimum Gasteiger partial charge on any atom is -0.368 e. The highest BCUT2D eigenvalue weighted by Gasteiger charge is 2.46. The van der Waals surface area contributed by atoms with Gasteiger partial charge in [-0.15, -0.1) is 0 Å². The fraction of sp³-hybridized carbons (Fsp3) is 0.548. The average Bonchev–Trinajstić information content (AvgIpc) is 3.32. The molecule has 6 nitrogen and oxygen atoms in total. The third-order valence-corrected chi connectivity index (χ3v) is 8.30. The number of rotatable bonds is 5. The summed E-state index contributed by atoms with van der Waals surface area (Å²) in [6, 6.07) is 13.7. The molecule has 2 aromatic rings. The van der Waals surface area contributed by atoms with E-state index in [9.17, 15) is 9.59 Å². The van der Waals surface area contributed by atoms with Gasteiger partial charge in [0.1, 0.15) is 6.04 Å². The van der Waals surface area contributed by atoms with Gasteiger partial charge >= 0.3 is 0 Å². The Morgan fingerprint density at radius 1 is 0.974 bits per heavy atom. The van der Waals surface area contributed by atoms with Crippen molar-refractivity contribution in [2.24, 2.45) is 17.1 Å². The van der Waals surface area contributed by atoms with Crippen molar-refractivity contribution < 1.29 is 9.59 Å². The van der Waals surface area contributed by atoms with Crippen LogP contribution in [-0.2, 0) is 9.59 Å². The minimum absolute atomic E-state index is 0.0259. The van der Waals surface area contributed by atoms with Crippen molar-refractivity contribution in [1.82, 2.24) is 9.80 Å². The molecule has 206 valence electrons. The number of carbonyl (C=O) groups is 2. The van der Waals surface area contributed by atoms with Gasteiger partial charge in [-0.3, -0.25) is 9.59 Å². The lowest BCUT2D eigenvalue weighted by Gasteiger charge is -2.41. The van der Waals surface area contributed by atoms with Gasteiger partial charge in [0, 0.05) is 60.8 Å². The van der Waals surface area contributed by atoms with Crippen LogP contribution >= 0.6 is 11.6 Å². The molecule has 0 spiro atoms. The van der Waals surface area contributed by atoms with Crippen LogP contribution in [0.2, 0.25) is 5.02 Å². The van der Waals surface area contributed by atoms with Gasteiger partial charge in [0.2, 0.25) is 11.8 Å². The summed E-state index contributed by atoms with van der Waals surface area (Å²) in [5.74, 6) is 0.356. The van der Waals surface area contributed by atoms with E-state index in [4.69, 9.17) is 17.3 Å². The molecule has 0 radical (unpaired) electrons. The molecular formula is C31H43ClN4O2. The van der Waals surface area contributed by atoms with Gasteiger partial charge in [0.05, 0.1) is 0 Å². The average molecular weight is 539 g/mol. The molecule has 0 aliphatic carbocycles. The van der Waals surface area contributed by atoms with Crippen LogP contribution in [0.1, 0.15) is 69.7 Å². The Hall–Kier alpha value is -2.57. The van der Waals surface area contributed by atoms with Crippen molar-refractivity contribution in [1.29, 1.82) is 0 Å². The lowest BCUT2D eigenvalue weighted by Crippen LogP contribution is -2.56. The topological polar surface area (TPSA) is 69.9 Å². The van der Waals surface area contributed by atoms with E-state index in [-0.39, 0.29) is 23.8 Å². The molecule has 3 atom stereocenters. The third kappa shape index (κ3) is 5.86. The monoisotopic (exact) mass is 538 g/mol. The van der Waals surface area contributed by atoms with Gasteiger partial charge in [-0.05, 0) is 48.6 Å². The number of carbonyl (C=O) groups excluding carboxylic acids is 2. The number of aryl methyl sites for hydroxylation is 1. The van der Waals surface area contributed by atoms with E-state index in [0.717, 1.165) is 30.8 Å². The van der Waals surface area contributed by atoms with Crippen molar-refractivity contribution in [3.63, 3.8) is 0 Å². The van der Waals surface area contributed by atoms with E-state index in [1.165, 1.54) is 11.1 Å². The fourth-order valence-electron chi connectivity index (χ4n) is 5.76. The van der Waals surface area contributed by atoms with Crippen molar-refractivity contribution in [2.75, 3.05) is 37.6 Å². The van der Waals surface area contributed by atoms with Crippen LogP contribution in [-0.4, -0.2) is 60.4 Å². The summed E-state index contributed by atoms with van der Waals surface area (Å²) < 4.78 is 0. The van der Waals surface area contributed by atoms with Crippen LogP contribution in [0.25, 0.3) is 0 Å². The highest BCUT2D eigenvalue weighted by molar-refractivity contribution is 6.30. The van der Waals surface area contributed by atoms with Crippen LogP contribution < -0.4 is 10.6 Å². The summed E-state index contributed by atoms with van der Waals surface area (Å²) in [7, 11) is 0. The van der Waals surface area contributed by atoms with Crippen LogP contribution in [0.3, 0.4) is 0 Å². The van der Waals surface area contributed by atoms with Crippen LogP contribution in [0, 0.1) is 18.3 Å². The standard InChI is InChI=1S/C31H43ClN4O2/c1-20(2)27(33)25-19-21(3)7-12-26(25)34-15-17-35(18-16-34)29(37)28-24(22-8-10-23(32)11-9-22)13-14-36(28)30(38)31(4,5)6/h7-12,19-20,24,27-28H,13-18,33H2,1-6H3/t24-,27+,28+/m1/s1.